The molecule has 11 heteroatoms. The lowest BCUT2D eigenvalue weighted by atomic mass is 9.96. The number of anilines is 2. The van der Waals surface area contributed by atoms with E-state index in [9.17, 15) is 9.90 Å². The zero-order valence-electron chi connectivity index (χ0n) is 22.5. The van der Waals surface area contributed by atoms with Gasteiger partial charge in [-0.3, -0.25) is 4.68 Å². The highest BCUT2D eigenvalue weighted by atomic mass is 19.1. The third-order valence-corrected chi connectivity index (χ3v) is 8.15. The van der Waals surface area contributed by atoms with Crippen molar-refractivity contribution in [1.82, 2.24) is 24.9 Å². The van der Waals surface area contributed by atoms with Gasteiger partial charge in [-0.15, -0.1) is 0 Å². The molecule has 0 amide bonds. The normalized spacial score (nSPS) is 16.7. The van der Waals surface area contributed by atoms with Gasteiger partial charge in [0.05, 0.1) is 18.4 Å². The molecule has 1 fully saturated rings. The van der Waals surface area contributed by atoms with E-state index in [1.165, 1.54) is 24.0 Å². The lowest BCUT2D eigenvalue weighted by molar-refractivity contribution is -0.138. The number of fused-ring (bicyclic) bond motifs is 1. The molecule has 1 N–H and O–H groups in total. The Morgan fingerprint density at radius 1 is 1.02 bits per heavy atom. The second kappa shape index (κ2) is 10.5. The van der Waals surface area contributed by atoms with Gasteiger partial charge in [-0.1, -0.05) is 48.3 Å². The first kappa shape index (κ1) is 26.0. The summed E-state index contributed by atoms with van der Waals surface area (Å²) < 4.78 is 37.1. The highest BCUT2D eigenvalue weighted by Gasteiger charge is 2.38. The van der Waals surface area contributed by atoms with Crippen molar-refractivity contribution < 1.29 is 23.2 Å². The predicted octanol–water partition coefficient (Wildman–Crippen LogP) is 6.13. The molecule has 7 rings (SSSR count). The number of aliphatic carboxylic acids is 1. The Morgan fingerprint density at radius 2 is 1.86 bits per heavy atom. The van der Waals surface area contributed by atoms with Crippen molar-refractivity contribution in [3.8, 4) is 22.9 Å². The van der Waals surface area contributed by atoms with Gasteiger partial charge < -0.3 is 14.5 Å². The number of halogens is 2. The van der Waals surface area contributed by atoms with Crippen LogP contribution in [-0.2, 0) is 17.8 Å². The molecule has 1 atom stereocenters. The minimum Gasteiger partial charge on any atom is -0.480 e. The second-order valence-corrected chi connectivity index (χ2v) is 10.7. The predicted molar refractivity (Wildman–Crippen MR) is 149 cm³/mol. The van der Waals surface area contributed by atoms with Gasteiger partial charge in [-0.2, -0.15) is 5.10 Å². The summed E-state index contributed by atoms with van der Waals surface area (Å²) in [6.45, 7) is 0.105. The number of carbonyl (C=O) groups is 1. The Balaban J connectivity index is 1.27. The molecule has 3 aromatic heterocycles. The van der Waals surface area contributed by atoms with Crippen molar-refractivity contribution in [2.24, 2.45) is 0 Å². The highest BCUT2D eigenvalue weighted by molar-refractivity contribution is 5.86. The molecule has 1 aliphatic carbocycles. The van der Waals surface area contributed by atoms with Crippen molar-refractivity contribution in [2.75, 3.05) is 4.90 Å². The Bertz CT molecular complexity index is 1780. The van der Waals surface area contributed by atoms with Gasteiger partial charge in [0.1, 0.15) is 29.5 Å². The molecule has 2 aliphatic rings. The minimum atomic E-state index is -1.09. The van der Waals surface area contributed by atoms with Crippen LogP contribution < -0.4 is 4.90 Å². The summed E-state index contributed by atoms with van der Waals surface area (Å²) >= 11 is 0. The molecule has 1 saturated carbocycles. The minimum absolute atomic E-state index is 0.0838. The Hall–Kier alpha value is -4.93. The van der Waals surface area contributed by atoms with Gasteiger partial charge >= 0.3 is 5.97 Å². The molecule has 0 spiro atoms. The van der Waals surface area contributed by atoms with Crippen molar-refractivity contribution in [1.29, 1.82) is 0 Å². The van der Waals surface area contributed by atoms with Crippen LogP contribution in [0.5, 0.6) is 0 Å². The maximum Gasteiger partial charge on any atom is 0.327 e. The van der Waals surface area contributed by atoms with Gasteiger partial charge in [-0.05, 0) is 48.1 Å². The summed E-state index contributed by atoms with van der Waals surface area (Å²) in [6, 6.07) is 14.8. The molecule has 0 unspecified atom stereocenters. The van der Waals surface area contributed by atoms with Crippen LogP contribution in [0.1, 0.15) is 48.3 Å². The van der Waals surface area contributed by atoms with E-state index in [-0.39, 0.29) is 36.1 Å². The number of nitrogens with zero attached hydrogens (tertiary/aromatic N) is 6. The quantitative estimate of drug-likeness (QED) is 0.250. The van der Waals surface area contributed by atoms with Crippen LogP contribution in [0.2, 0.25) is 0 Å². The smallest absolute Gasteiger partial charge is 0.327 e. The van der Waals surface area contributed by atoms with E-state index in [0.717, 1.165) is 30.2 Å². The van der Waals surface area contributed by atoms with E-state index in [4.69, 9.17) is 4.52 Å². The Labute approximate surface area is 239 Å². The average molecular weight is 569 g/mol. The standard InChI is InChI=1S/C31H26F2N6O3/c32-22-13-19(18-5-1-2-6-18)9-10-21(22)17-38-27(24-11-12-42-37-24)15-25(36-38)29-34-16-23(33)30(35-29)39-26-8-4-3-7-20(26)14-28(39)31(40)41/h3-4,7-13,15-16,18,28H,1-2,5-6,14,17H2,(H,40,41)/t28-/m0/s1. The number of carboxylic acid groups (broad SMARTS) is 1. The van der Waals surface area contributed by atoms with Crippen molar-refractivity contribution in [2.45, 2.75) is 50.6 Å². The lowest BCUT2D eigenvalue weighted by Crippen LogP contribution is -2.36. The number of para-hydroxylation sites is 1. The van der Waals surface area contributed by atoms with E-state index in [1.807, 2.05) is 18.2 Å². The summed E-state index contributed by atoms with van der Waals surface area (Å²) in [5.74, 6) is -1.85. The molecule has 4 heterocycles. The molecule has 0 saturated heterocycles. The molecule has 9 nitrogen and oxygen atoms in total. The SMILES string of the molecule is O=C(O)[C@@H]1Cc2ccccc2N1c1nc(-c2cc(-c3ccon3)n(Cc3ccc(C4CCCC4)cc3F)n2)ncc1F. The van der Waals surface area contributed by atoms with E-state index in [0.29, 0.717) is 28.6 Å². The fourth-order valence-electron chi connectivity index (χ4n) is 6.06. The van der Waals surface area contributed by atoms with Crippen LogP contribution in [0.4, 0.5) is 20.3 Å². The zero-order chi connectivity index (χ0) is 28.8. The number of hydrogen-bond acceptors (Lipinski definition) is 7. The first-order chi connectivity index (χ1) is 20.5. The Morgan fingerprint density at radius 3 is 2.62 bits per heavy atom. The Kier molecular flexibility index (Phi) is 6.49. The largest absolute Gasteiger partial charge is 0.480 e. The molecule has 42 heavy (non-hydrogen) atoms. The van der Waals surface area contributed by atoms with E-state index >= 15 is 8.78 Å². The second-order valence-electron chi connectivity index (χ2n) is 10.7. The molecular weight excluding hydrogens is 542 g/mol. The number of carboxylic acids is 1. The molecule has 0 radical (unpaired) electrons. The van der Waals surface area contributed by atoms with E-state index < -0.39 is 17.8 Å². The summed E-state index contributed by atoms with van der Waals surface area (Å²) in [6.07, 6.45) is 7.13. The number of hydrogen-bond donors (Lipinski definition) is 1. The summed E-state index contributed by atoms with van der Waals surface area (Å²) in [5.41, 5.74) is 4.11. The van der Waals surface area contributed by atoms with Crippen LogP contribution in [0.15, 0.2) is 71.6 Å². The molecule has 1 aliphatic heterocycles. The lowest BCUT2D eigenvalue weighted by Gasteiger charge is -2.24. The molecule has 5 aromatic rings. The van der Waals surface area contributed by atoms with Crippen molar-refractivity contribution in [3.05, 3.63) is 95.4 Å². The first-order valence-electron chi connectivity index (χ1n) is 13.9. The fourth-order valence-corrected chi connectivity index (χ4v) is 6.06. The monoisotopic (exact) mass is 568 g/mol. The van der Waals surface area contributed by atoms with E-state index in [2.05, 4.69) is 20.2 Å². The van der Waals surface area contributed by atoms with Crippen LogP contribution >= 0.6 is 0 Å². The van der Waals surface area contributed by atoms with Crippen molar-refractivity contribution >= 4 is 17.5 Å². The average Bonchev–Trinajstić information content (AvgIpc) is 3.81. The fraction of sp³-hybridized carbons (Fsp3) is 0.258. The summed E-state index contributed by atoms with van der Waals surface area (Å²) in [4.78, 5) is 22.1. The van der Waals surface area contributed by atoms with Crippen LogP contribution in [0, 0.1) is 11.6 Å². The summed E-state index contributed by atoms with van der Waals surface area (Å²) in [7, 11) is 0. The molecule has 0 bridgehead atoms. The van der Waals surface area contributed by atoms with Crippen LogP contribution in [0.25, 0.3) is 22.9 Å². The maximum atomic E-state index is 15.3. The van der Waals surface area contributed by atoms with Gasteiger partial charge in [0.2, 0.25) is 0 Å². The highest BCUT2D eigenvalue weighted by Crippen LogP contribution is 2.39. The number of aromatic nitrogens is 5. The van der Waals surface area contributed by atoms with Crippen molar-refractivity contribution in [3.63, 3.8) is 0 Å². The topological polar surface area (TPSA) is 110 Å². The molecular formula is C31H26F2N6O3. The molecule has 212 valence electrons. The van der Waals surface area contributed by atoms with Crippen LogP contribution in [0.3, 0.4) is 0 Å². The van der Waals surface area contributed by atoms with Gasteiger partial charge in [0.15, 0.2) is 17.5 Å². The van der Waals surface area contributed by atoms with Gasteiger partial charge in [0, 0.05) is 23.7 Å². The number of benzene rings is 2. The third kappa shape index (κ3) is 4.60. The van der Waals surface area contributed by atoms with Gasteiger partial charge in [-0.25, -0.2) is 23.5 Å². The zero-order valence-corrected chi connectivity index (χ0v) is 22.5. The maximum absolute atomic E-state index is 15.3. The third-order valence-electron chi connectivity index (χ3n) is 8.15. The number of rotatable bonds is 7. The van der Waals surface area contributed by atoms with E-state index in [1.54, 1.807) is 41.1 Å². The summed E-state index contributed by atoms with van der Waals surface area (Å²) in [5, 5.41) is 18.6. The van der Waals surface area contributed by atoms with Gasteiger partial charge in [0.25, 0.3) is 0 Å². The first-order valence-corrected chi connectivity index (χ1v) is 13.9. The van der Waals surface area contributed by atoms with Crippen LogP contribution in [-0.4, -0.2) is 42.0 Å². The molecule has 2 aromatic carbocycles.